The highest BCUT2D eigenvalue weighted by atomic mass is 79.9. The van der Waals surface area contributed by atoms with Crippen molar-refractivity contribution in [3.8, 4) is 5.75 Å². The van der Waals surface area contributed by atoms with E-state index >= 15 is 0 Å². The number of rotatable bonds is 9. The van der Waals surface area contributed by atoms with Crippen molar-refractivity contribution >= 4 is 38.5 Å². The molecule has 1 N–H and O–H groups in total. The minimum absolute atomic E-state index is 0.178. The lowest BCUT2D eigenvalue weighted by Crippen LogP contribution is -2.50. The third-order valence-electron chi connectivity index (χ3n) is 5.18. The van der Waals surface area contributed by atoms with Crippen molar-refractivity contribution in [2.75, 3.05) is 13.2 Å². The van der Waals surface area contributed by atoms with Gasteiger partial charge in [-0.3, -0.25) is 9.59 Å². The number of fused-ring (bicyclic) bond motifs is 1. The molecule has 0 unspecified atom stereocenters. The molecule has 2 amide bonds. The maximum atomic E-state index is 13.3. The maximum Gasteiger partial charge on any atom is 0.261 e. The van der Waals surface area contributed by atoms with Crippen molar-refractivity contribution in [3.63, 3.8) is 0 Å². The van der Waals surface area contributed by atoms with Crippen LogP contribution in [0.2, 0.25) is 0 Å². The number of ether oxygens (including phenoxy) is 1. The molecule has 0 heterocycles. The molecular weight excluding hydrogens is 475 g/mol. The van der Waals surface area contributed by atoms with Crippen LogP contribution in [0.1, 0.15) is 25.8 Å². The second-order valence-electron chi connectivity index (χ2n) is 7.35. The molecule has 5 nitrogen and oxygen atoms in total. The van der Waals surface area contributed by atoms with Gasteiger partial charge < -0.3 is 15.0 Å². The van der Waals surface area contributed by atoms with Gasteiger partial charge in [0.25, 0.3) is 5.91 Å². The largest absolute Gasteiger partial charge is 0.483 e. The molecule has 0 saturated carbocycles. The summed E-state index contributed by atoms with van der Waals surface area (Å²) < 4.78 is 19.9. The minimum Gasteiger partial charge on any atom is -0.483 e. The predicted octanol–water partition coefficient (Wildman–Crippen LogP) is 5.06. The quantitative estimate of drug-likeness (QED) is 0.446. The lowest BCUT2D eigenvalue weighted by molar-refractivity contribution is -0.142. The highest BCUT2D eigenvalue weighted by Crippen LogP contribution is 2.33. The molecule has 32 heavy (non-hydrogen) atoms. The van der Waals surface area contributed by atoms with Crippen LogP contribution in [0.25, 0.3) is 10.8 Å². The van der Waals surface area contributed by atoms with Crippen molar-refractivity contribution < 1.29 is 18.7 Å². The van der Waals surface area contributed by atoms with E-state index in [9.17, 15) is 14.0 Å². The Bertz CT molecular complexity index is 1090. The van der Waals surface area contributed by atoms with Crippen LogP contribution in [-0.2, 0) is 16.1 Å². The lowest BCUT2D eigenvalue weighted by Gasteiger charge is -2.30. The Morgan fingerprint density at radius 3 is 2.47 bits per heavy atom. The maximum absolute atomic E-state index is 13.3. The molecule has 3 rings (SSSR count). The SMILES string of the molecule is CCNC(=O)[C@H](CC)N(Cc1ccc(F)cc1)C(=O)COc1ccc2ccccc2c1Br. The molecule has 0 aliphatic heterocycles. The number of amides is 2. The van der Waals surface area contributed by atoms with E-state index in [0.717, 1.165) is 20.8 Å². The minimum atomic E-state index is -0.656. The predicted molar refractivity (Wildman–Crippen MR) is 127 cm³/mol. The number of carbonyl (C=O) groups excluding carboxylic acids is 2. The average molecular weight is 501 g/mol. The van der Waals surface area contributed by atoms with Crippen LogP contribution >= 0.6 is 15.9 Å². The Hall–Kier alpha value is -2.93. The number of hydrogen-bond acceptors (Lipinski definition) is 3. The molecule has 0 radical (unpaired) electrons. The summed E-state index contributed by atoms with van der Waals surface area (Å²) in [4.78, 5) is 27.3. The van der Waals surface area contributed by atoms with Gasteiger partial charge in [0.1, 0.15) is 17.6 Å². The number of hydrogen-bond donors (Lipinski definition) is 1. The molecule has 0 spiro atoms. The zero-order valence-electron chi connectivity index (χ0n) is 18.1. The van der Waals surface area contributed by atoms with E-state index in [1.807, 2.05) is 50.2 Å². The fraction of sp³-hybridized carbons (Fsp3) is 0.280. The number of benzene rings is 3. The van der Waals surface area contributed by atoms with Crippen molar-refractivity contribution in [1.82, 2.24) is 10.2 Å². The van der Waals surface area contributed by atoms with Crippen LogP contribution in [0, 0.1) is 5.82 Å². The molecule has 0 aliphatic carbocycles. The van der Waals surface area contributed by atoms with Gasteiger partial charge in [-0.1, -0.05) is 49.4 Å². The standard InChI is InChI=1S/C25H26BrFN2O3/c1-3-21(25(31)28-4-2)29(15-17-9-12-19(27)13-10-17)23(30)16-32-22-14-11-18-7-5-6-8-20(18)24(22)26/h5-14,21H,3-4,15-16H2,1-2H3,(H,28,31)/t21-/m0/s1. The van der Waals surface area contributed by atoms with Gasteiger partial charge in [-0.05, 0) is 63.8 Å². The molecule has 0 aromatic heterocycles. The summed E-state index contributed by atoms with van der Waals surface area (Å²) in [7, 11) is 0. The van der Waals surface area contributed by atoms with Gasteiger partial charge >= 0.3 is 0 Å². The highest BCUT2D eigenvalue weighted by Gasteiger charge is 2.28. The van der Waals surface area contributed by atoms with Crippen LogP contribution in [0.4, 0.5) is 4.39 Å². The second-order valence-corrected chi connectivity index (χ2v) is 8.15. The summed E-state index contributed by atoms with van der Waals surface area (Å²) in [5.74, 6) is -0.360. The summed E-state index contributed by atoms with van der Waals surface area (Å²) in [6, 6.07) is 16.8. The Balaban J connectivity index is 1.81. The molecule has 0 aliphatic rings. The fourth-order valence-corrected chi connectivity index (χ4v) is 4.15. The van der Waals surface area contributed by atoms with E-state index < -0.39 is 6.04 Å². The van der Waals surface area contributed by atoms with E-state index in [4.69, 9.17) is 4.74 Å². The average Bonchev–Trinajstić information content (AvgIpc) is 2.80. The van der Waals surface area contributed by atoms with Gasteiger partial charge in [0.15, 0.2) is 6.61 Å². The number of halogens is 2. The van der Waals surface area contributed by atoms with Gasteiger partial charge in [-0.15, -0.1) is 0 Å². The third-order valence-corrected chi connectivity index (χ3v) is 6.00. The van der Waals surface area contributed by atoms with Crippen LogP contribution in [0.3, 0.4) is 0 Å². The summed E-state index contributed by atoms with van der Waals surface area (Å²) in [6.07, 6.45) is 0.443. The Kier molecular flexibility index (Phi) is 8.22. The molecule has 1 atom stereocenters. The van der Waals surface area contributed by atoms with Gasteiger partial charge in [0.2, 0.25) is 5.91 Å². The smallest absolute Gasteiger partial charge is 0.261 e. The first-order valence-corrected chi connectivity index (χ1v) is 11.4. The van der Waals surface area contributed by atoms with Crippen LogP contribution in [0.5, 0.6) is 5.75 Å². The van der Waals surface area contributed by atoms with E-state index in [-0.39, 0.29) is 30.8 Å². The number of carbonyl (C=O) groups is 2. The first kappa shape index (κ1) is 23.7. The molecule has 0 bridgehead atoms. The zero-order chi connectivity index (χ0) is 23.1. The van der Waals surface area contributed by atoms with Gasteiger partial charge in [-0.25, -0.2) is 4.39 Å². The van der Waals surface area contributed by atoms with Crippen LogP contribution in [-0.4, -0.2) is 35.9 Å². The first-order valence-electron chi connectivity index (χ1n) is 10.6. The lowest BCUT2D eigenvalue weighted by atomic mass is 10.1. The zero-order valence-corrected chi connectivity index (χ0v) is 19.7. The Morgan fingerprint density at radius 1 is 1.06 bits per heavy atom. The normalized spacial score (nSPS) is 11.8. The van der Waals surface area contributed by atoms with E-state index in [2.05, 4.69) is 21.2 Å². The summed E-state index contributed by atoms with van der Waals surface area (Å²) in [5, 5.41) is 4.82. The number of nitrogens with zero attached hydrogens (tertiary/aromatic N) is 1. The Morgan fingerprint density at radius 2 is 1.78 bits per heavy atom. The second kappa shape index (κ2) is 11.1. The molecule has 7 heteroatoms. The third kappa shape index (κ3) is 5.65. The van der Waals surface area contributed by atoms with Crippen LogP contribution < -0.4 is 10.1 Å². The molecule has 3 aromatic rings. The van der Waals surface area contributed by atoms with Crippen molar-refractivity contribution in [2.24, 2.45) is 0 Å². The van der Waals surface area contributed by atoms with Crippen LogP contribution in [0.15, 0.2) is 65.1 Å². The van der Waals surface area contributed by atoms with Crippen molar-refractivity contribution in [3.05, 3.63) is 76.5 Å². The highest BCUT2D eigenvalue weighted by molar-refractivity contribution is 9.10. The van der Waals surface area contributed by atoms with Gasteiger partial charge in [0, 0.05) is 13.1 Å². The van der Waals surface area contributed by atoms with Crippen molar-refractivity contribution in [1.29, 1.82) is 0 Å². The van der Waals surface area contributed by atoms with Gasteiger partial charge in [0.05, 0.1) is 4.47 Å². The molecule has 0 saturated heterocycles. The summed E-state index contributed by atoms with van der Waals surface area (Å²) in [5.41, 5.74) is 0.731. The molecule has 0 fully saturated rings. The number of nitrogens with one attached hydrogen (secondary N) is 1. The number of likely N-dealkylation sites (N-methyl/N-ethyl adjacent to an activating group) is 1. The van der Waals surface area contributed by atoms with E-state index in [1.54, 1.807) is 12.1 Å². The summed E-state index contributed by atoms with van der Waals surface area (Å²) in [6.45, 7) is 4.10. The van der Waals surface area contributed by atoms with Gasteiger partial charge in [-0.2, -0.15) is 0 Å². The van der Waals surface area contributed by atoms with E-state index in [1.165, 1.54) is 17.0 Å². The topological polar surface area (TPSA) is 58.6 Å². The molecular formula is C25H26BrFN2O3. The Labute approximate surface area is 195 Å². The first-order chi connectivity index (χ1) is 15.4. The molecule has 3 aromatic carbocycles. The van der Waals surface area contributed by atoms with Crippen molar-refractivity contribution in [2.45, 2.75) is 32.9 Å². The monoisotopic (exact) mass is 500 g/mol. The summed E-state index contributed by atoms with van der Waals surface area (Å²) >= 11 is 3.57. The fourth-order valence-electron chi connectivity index (χ4n) is 3.55. The van der Waals surface area contributed by atoms with E-state index in [0.29, 0.717) is 18.7 Å². The molecule has 168 valence electrons.